The molecule has 0 aliphatic carbocycles. The number of aromatic nitrogens is 2. The fraction of sp³-hybridized carbons (Fsp3) is 0.455. The lowest BCUT2D eigenvalue weighted by Crippen LogP contribution is -2.24. The zero-order valence-corrected chi connectivity index (χ0v) is 10.2. The Morgan fingerprint density at radius 3 is 2.82 bits per heavy atom. The van der Waals surface area contributed by atoms with Crippen LogP contribution in [-0.2, 0) is 0 Å². The SMILES string of the molecule is Nc1ccc(NC2CCSCC2)c2nonc12. The largest absolute Gasteiger partial charge is 0.397 e. The molecule has 17 heavy (non-hydrogen) atoms. The summed E-state index contributed by atoms with van der Waals surface area (Å²) in [4.78, 5) is 0. The summed E-state index contributed by atoms with van der Waals surface area (Å²) in [6.07, 6.45) is 2.36. The number of anilines is 2. The monoisotopic (exact) mass is 250 g/mol. The Morgan fingerprint density at radius 2 is 2.00 bits per heavy atom. The molecule has 1 aliphatic rings. The number of hydrogen-bond acceptors (Lipinski definition) is 6. The second kappa shape index (κ2) is 4.44. The molecular formula is C11H14N4OS. The van der Waals surface area contributed by atoms with E-state index in [0.29, 0.717) is 17.2 Å². The average molecular weight is 250 g/mol. The van der Waals surface area contributed by atoms with Crippen LogP contribution in [0.15, 0.2) is 16.8 Å². The molecule has 1 fully saturated rings. The Kier molecular flexibility index (Phi) is 2.80. The molecule has 90 valence electrons. The molecule has 1 saturated heterocycles. The standard InChI is InChI=1S/C11H14N4OS/c12-8-1-2-9(11-10(8)14-16-15-11)13-7-3-5-17-6-4-7/h1-2,7,13H,3-6,12H2. The number of hydrogen-bond donors (Lipinski definition) is 2. The van der Waals surface area contributed by atoms with Gasteiger partial charge in [0.05, 0.1) is 11.4 Å². The molecule has 0 amide bonds. The first kappa shape index (κ1) is 10.7. The molecule has 0 saturated carbocycles. The van der Waals surface area contributed by atoms with E-state index in [9.17, 15) is 0 Å². The van der Waals surface area contributed by atoms with Crippen LogP contribution in [0.4, 0.5) is 11.4 Å². The van der Waals surface area contributed by atoms with Crippen molar-refractivity contribution in [1.82, 2.24) is 10.3 Å². The minimum absolute atomic E-state index is 0.514. The van der Waals surface area contributed by atoms with Crippen LogP contribution in [-0.4, -0.2) is 27.9 Å². The van der Waals surface area contributed by atoms with Crippen molar-refractivity contribution in [2.24, 2.45) is 0 Å². The Balaban J connectivity index is 1.89. The van der Waals surface area contributed by atoms with Gasteiger partial charge in [-0.3, -0.25) is 0 Å². The van der Waals surface area contributed by atoms with Crippen LogP contribution < -0.4 is 11.1 Å². The Labute approximate surface area is 103 Å². The summed E-state index contributed by atoms with van der Waals surface area (Å²) in [7, 11) is 0. The van der Waals surface area contributed by atoms with E-state index in [1.165, 1.54) is 24.3 Å². The van der Waals surface area contributed by atoms with Crippen molar-refractivity contribution in [3.8, 4) is 0 Å². The van der Waals surface area contributed by atoms with Gasteiger partial charge in [-0.15, -0.1) is 0 Å². The Morgan fingerprint density at radius 1 is 1.24 bits per heavy atom. The second-order valence-corrected chi connectivity index (χ2v) is 5.42. The predicted molar refractivity (Wildman–Crippen MR) is 70.2 cm³/mol. The maximum atomic E-state index is 5.81. The van der Waals surface area contributed by atoms with E-state index in [1.807, 2.05) is 23.9 Å². The normalized spacial score (nSPS) is 17.4. The minimum atomic E-state index is 0.514. The van der Waals surface area contributed by atoms with Crippen molar-refractivity contribution in [1.29, 1.82) is 0 Å². The summed E-state index contributed by atoms with van der Waals surface area (Å²) in [5.41, 5.74) is 8.74. The number of fused-ring (bicyclic) bond motifs is 1. The lowest BCUT2D eigenvalue weighted by atomic mass is 10.1. The van der Waals surface area contributed by atoms with Crippen LogP contribution in [0.1, 0.15) is 12.8 Å². The van der Waals surface area contributed by atoms with Crippen LogP contribution in [0.5, 0.6) is 0 Å². The number of nitrogens with one attached hydrogen (secondary N) is 1. The quantitative estimate of drug-likeness (QED) is 0.795. The van der Waals surface area contributed by atoms with Crippen molar-refractivity contribution < 1.29 is 4.63 Å². The molecule has 0 bridgehead atoms. The van der Waals surface area contributed by atoms with E-state index in [4.69, 9.17) is 10.4 Å². The molecule has 2 aromatic rings. The molecule has 0 unspecified atom stereocenters. The van der Waals surface area contributed by atoms with Gasteiger partial charge in [0.1, 0.15) is 0 Å². The van der Waals surface area contributed by atoms with Crippen LogP contribution in [0.2, 0.25) is 0 Å². The van der Waals surface area contributed by atoms with Crippen LogP contribution in [0, 0.1) is 0 Å². The maximum absolute atomic E-state index is 5.81. The number of nitrogens with zero attached hydrogens (tertiary/aromatic N) is 2. The molecule has 1 aromatic carbocycles. The summed E-state index contributed by atoms with van der Waals surface area (Å²) in [5, 5.41) is 11.2. The van der Waals surface area contributed by atoms with Gasteiger partial charge in [-0.25, -0.2) is 4.63 Å². The number of benzene rings is 1. The summed E-state index contributed by atoms with van der Waals surface area (Å²) >= 11 is 2.01. The predicted octanol–water partition coefficient (Wildman–Crippen LogP) is 2.11. The molecule has 5 nitrogen and oxygen atoms in total. The van der Waals surface area contributed by atoms with Crippen molar-refractivity contribution >= 4 is 34.2 Å². The van der Waals surface area contributed by atoms with E-state index in [0.717, 1.165) is 11.2 Å². The number of thioether (sulfide) groups is 1. The van der Waals surface area contributed by atoms with Crippen molar-refractivity contribution in [2.75, 3.05) is 22.6 Å². The molecule has 0 spiro atoms. The molecule has 2 heterocycles. The zero-order valence-electron chi connectivity index (χ0n) is 9.35. The lowest BCUT2D eigenvalue weighted by molar-refractivity contribution is 0.315. The number of nitrogen functional groups attached to an aromatic ring is 1. The van der Waals surface area contributed by atoms with Crippen molar-refractivity contribution in [2.45, 2.75) is 18.9 Å². The third-order valence-corrected chi connectivity index (χ3v) is 4.08. The summed E-state index contributed by atoms with van der Waals surface area (Å²) < 4.78 is 4.75. The van der Waals surface area contributed by atoms with Gasteiger partial charge < -0.3 is 11.1 Å². The molecule has 1 aliphatic heterocycles. The van der Waals surface area contributed by atoms with Gasteiger partial charge in [0.2, 0.25) is 0 Å². The molecule has 3 N–H and O–H groups in total. The summed E-state index contributed by atoms with van der Waals surface area (Å²) in [6, 6.07) is 4.30. The van der Waals surface area contributed by atoms with Crippen LogP contribution >= 0.6 is 11.8 Å². The van der Waals surface area contributed by atoms with Gasteiger partial charge in [0.25, 0.3) is 0 Å². The first-order valence-corrected chi connectivity index (χ1v) is 6.85. The zero-order chi connectivity index (χ0) is 11.7. The highest BCUT2D eigenvalue weighted by Gasteiger charge is 2.16. The van der Waals surface area contributed by atoms with E-state index >= 15 is 0 Å². The molecule has 6 heteroatoms. The molecule has 0 atom stereocenters. The van der Waals surface area contributed by atoms with Gasteiger partial charge >= 0.3 is 0 Å². The third-order valence-electron chi connectivity index (χ3n) is 3.03. The fourth-order valence-corrected chi connectivity index (χ4v) is 3.17. The highest BCUT2D eigenvalue weighted by Crippen LogP contribution is 2.28. The van der Waals surface area contributed by atoms with Crippen molar-refractivity contribution in [3.05, 3.63) is 12.1 Å². The summed E-state index contributed by atoms with van der Waals surface area (Å²) in [6.45, 7) is 0. The van der Waals surface area contributed by atoms with Crippen LogP contribution in [0.3, 0.4) is 0 Å². The van der Waals surface area contributed by atoms with Gasteiger partial charge in [-0.05, 0) is 46.8 Å². The average Bonchev–Trinajstić information content (AvgIpc) is 2.84. The van der Waals surface area contributed by atoms with Gasteiger partial charge in [0, 0.05) is 6.04 Å². The second-order valence-electron chi connectivity index (χ2n) is 4.19. The van der Waals surface area contributed by atoms with E-state index in [2.05, 4.69) is 15.6 Å². The minimum Gasteiger partial charge on any atom is -0.397 e. The van der Waals surface area contributed by atoms with E-state index in [1.54, 1.807) is 0 Å². The molecule has 1 aromatic heterocycles. The van der Waals surface area contributed by atoms with Gasteiger partial charge in [-0.1, -0.05) is 0 Å². The van der Waals surface area contributed by atoms with E-state index < -0.39 is 0 Å². The smallest absolute Gasteiger partial charge is 0.160 e. The van der Waals surface area contributed by atoms with Gasteiger partial charge in [-0.2, -0.15) is 11.8 Å². The maximum Gasteiger partial charge on any atom is 0.160 e. The highest BCUT2D eigenvalue weighted by molar-refractivity contribution is 7.99. The lowest BCUT2D eigenvalue weighted by Gasteiger charge is -2.23. The van der Waals surface area contributed by atoms with Gasteiger partial charge in [0.15, 0.2) is 11.0 Å². The third kappa shape index (κ3) is 2.04. The first-order chi connectivity index (χ1) is 8.34. The molecule has 0 radical (unpaired) electrons. The Bertz CT molecular complexity index is 521. The highest BCUT2D eigenvalue weighted by atomic mass is 32.2. The fourth-order valence-electron chi connectivity index (χ4n) is 2.06. The Hall–Kier alpha value is -1.43. The topological polar surface area (TPSA) is 77.0 Å². The molecule has 3 rings (SSSR count). The van der Waals surface area contributed by atoms with E-state index in [-0.39, 0.29) is 0 Å². The first-order valence-electron chi connectivity index (χ1n) is 5.69. The number of nitrogens with two attached hydrogens (primary N) is 1. The molecular weight excluding hydrogens is 236 g/mol. The van der Waals surface area contributed by atoms with Crippen molar-refractivity contribution in [3.63, 3.8) is 0 Å². The van der Waals surface area contributed by atoms with Crippen LogP contribution in [0.25, 0.3) is 11.0 Å². The number of rotatable bonds is 2. The summed E-state index contributed by atoms with van der Waals surface area (Å²) in [5.74, 6) is 2.43.